The molecule has 0 spiro atoms. The minimum absolute atomic E-state index is 0.785. The van der Waals surface area contributed by atoms with Crippen LogP contribution in [0.2, 0.25) is 0 Å². The highest BCUT2D eigenvalue weighted by atomic mass is 79.9. The summed E-state index contributed by atoms with van der Waals surface area (Å²) in [6.07, 6.45) is 1.99. The van der Waals surface area contributed by atoms with Gasteiger partial charge in [-0.05, 0) is 31.9 Å². The highest BCUT2D eigenvalue weighted by Crippen LogP contribution is 2.24. The molecule has 0 bridgehead atoms. The van der Waals surface area contributed by atoms with Crippen LogP contribution in [0.25, 0.3) is 11.4 Å². The van der Waals surface area contributed by atoms with Crippen LogP contribution in [0.3, 0.4) is 0 Å². The molecular formula is C16H20BrN3. The average Bonchev–Trinajstić information content (AvgIpc) is 2.46. The summed E-state index contributed by atoms with van der Waals surface area (Å²) in [6, 6.07) is 8.11. The van der Waals surface area contributed by atoms with E-state index in [1.54, 1.807) is 0 Å². The number of aryl methyl sites for hydroxylation is 1. The predicted octanol–water partition coefficient (Wildman–Crippen LogP) is 4.60. The Morgan fingerprint density at radius 1 is 1.20 bits per heavy atom. The van der Waals surface area contributed by atoms with Gasteiger partial charge >= 0.3 is 0 Å². The van der Waals surface area contributed by atoms with Crippen LogP contribution in [0, 0.1) is 6.92 Å². The fourth-order valence-electron chi connectivity index (χ4n) is 2.08. The fourth-order valence-corrected chi connectivity index (χ4v) is 2.48. The summed E-state index contributed by atoms with van der Waals surface area (Å²) in [6.45, 7) is 7.30. The molecule has 1 aromatic heterocycles. The van der Waals surface area contributed by atoms with E-state index in [2.05, 4.69) is 47.0 Å². The third kappa shape index (κ3) is 3.37. The molecule has 0 saturated carbocycles. The van der Waals surface area contributed by atoms with Crippen LogP contribution >= 0.6 is 15.9 Å². The van der Waals surface area contributed by atoms with Crippen LogP contribution in [0.5, 0.6) is 0 Å². The number of nitrogens with zero attached hydrogens (tertiary/aromatic N) is 2. The summed E-state index contributed by atoms with van der Waals surface area (Å²) in [5.41, 5.74) is 3.29. The number of anilines is 1. The number of aromatic nitrogens is 2. The van der Waals surface area contributed by atoms with Crippen molar-refractivity contribution in [2.24, 2.45) is 0 Å². The van der Waals surface area contributed by atoms with Gasteiger partial charge in [0.1, 0.15) is 5.82 Å². The molecule has 2 rings (SSSR count). The van der Waals surface area contributed by atoms with Gasteiger partial charge in [0.15, 0.2) is 5.82 Å². The highest BCUT2D eigenvalue weighted by molar-refractivity contribution is 9.10. The SMILES string of the molecule is CCCNc1nc(-c2cccc(Br)c2)nc(CC)c1C. The summed E-state index contributed by atoms with van der Waals surface area (Å²) < 4.78 is 1.04. The van der Waals surface area contributed by atoms with E-state index in [4.69, 9.17) is 4.98 Å². The molecule has 0 aliphatic heterocycles. The Bertz CT molecular complexity index is 596. The van der Waals surface area contributed by atoms with Crippen molar-refractivity contribution < 1.29 is 0 Å². The normalized spacial score (nSPS) is 10.6. The molecule has 0 aliphatic carbocycles. The third-order valence-corrected chi connectivity index (χ3v) is 3.70. The summed E-state index contributed by atoms with van der Waals surface area (Å²) in [5, 5.41) is 3.40. The van der Waals surface area contributed by atoms with Crippen LogP contribution in [0.15, 0.2) is 28.7 Å². The Morgan fingerprint density at radius 2 is 2.00 bits per heavy atom. The molecular weight excluding hydrogens is 314 g/mol. The van der Waals surface area contributed by atoms with E-state index in [-0.39, 0.29) is 0 Å². The molecule has 0 amide bonds. The van der Waals surface area contributed by atoms with E-state index in [1.807, 2.05) is 24.3 Å². The molecule has 0 fully saturated rings. The second-order valence-electron chi connectivity index (χ2n) is 4.76. The van der Waals surface area contributed by atoms with Crippen LogP contribution in [0.4, 0.5) is 5.82 Å². The molecule has 106 valence electrons. The van der Waals surface area contributed by atoms with E-state index >= 15 is 0 Å². The zero-order valence-electron chi connectivity index (χ0n) is 12.2. The molecule has 1 heterocycles. The summed E-state index contributed by atoms with van der Waals surface area (Å²) in [4.78, 5) is 9.39. The minimum Gasteiger partial charge on any atom is -0.370 e. The largest absolute Gasteiger partial charge is 0.370 e. The number of nitrogens with one attached hydrogen (secondary N) is 1. The molecule has 1 aromatic carbocycles. The minimum atomic E-state index is 0.785. The second kappa shape index (κ2) is 6.84. The van der Waals surface area contributed by atoms with Gasteiger partial charge in [-0.3, -0.25) is 0 Å². The number of halogens is 1. The Morgan fingerprint density at radius 3 is 2.65 bits per heavy atom. The smallest absolute Gasteiger partial charge is 0.161 e. The molecule has 1 N–H and O–H groups in total. The average molecular weight is 334 g/mol. The molecule has 20 heavy (non-hydrogen) atoms. The lowest BCUT2D eigenvalue weighted by molar-refractivity contribution is 0.936. The second-order valence-corrected chi connectivity index (χ2v) is 5.67. The lowest BCUT2D eigenvalue weighted by Gasteiger charge is -2.13. The van der Waals surface area contributed by atoms with Gasteiger partial charge in [-0.25, -0.2) is 9.97 Å². The van der Waals surface area contributed by atoms with Crippen molar-refractivity contribution in [3.05, 3.63) is 40.0 Å². The zero-order valence-corrected chi connectivity index (χ0v) is 13.8. The maximum absolute atomic E-state index is 4.70. The van der Waals surface area contributed by atoms with Crippen molar-refractivity contribution in [3.8, 4) is 11.4 Å². The van der Waals surface area contributed by atoms with Crippen molar-refractivity contribution in [1.29, 1.82) is 0 Å². The van der Waals surface area contributed by atoms with Crippen molar-refractivity contribution in [3.63, 3.8) is 0 Å². The third-order valence-electron chi connectivity index (χ3n) is 3.21. The van der Waals surface area contributed by atoms with Crippen LogP contribution < -0.4 is 5.32 Å². The van der Waals surface area contributed by atoms with Crippen molar-refractivity contribution in [2.75, 3.05) is 11.9 Å². The lowest BCUT2D eigenvalue weighted by atomic mass is 10.1. The number of rotatable bonds is 5. The molecule has 2 aromatic rings. The number of hydrogen-bond acceptors (Lipinski definition) is 3. The van der Waals surface area contributed by atoms with Crippen molar-refractivity contribution >= 4 is 21.7 Å². The van der Waals surface area contributed by atoms with Gasteiger partial charge in [0.25, 0.3) is 0 Å². The molecule has 0 saturated heterocycles. The topological polar surface area (TPSA) is 37.8 Å². The Balaban J connectivity index is 2.48. The van der Waals surface area contributed by atoms with Crippen LogP contribution in [0.1, 0.15) is 31.5 Å². The first-order valence-corrected chi connectivity index (χ1v) is 7.82. The van der Waals surface area contributed by atoms with E-state index in [0.29, 0.717) is 0 Å². The standard InChI is InChI=1S/C16H20BrN3/c1-4-9-18-15-11(3)14(5-2)19-16(20-15)12-7-6-8-13(17)10-12/h6-8,10H,4-5,9H2,1-3H3,(H,18,19,20). The summed E-state index contributed by atoms with van der Waals surface area (Å²) in [5.74, 6) is 1.74. The van der Waals surface area contributed by atoms with E-state index in [1.165, 1.54) is 0 Å². The van der Waals surface area contributed by atoms with E-state index in [0.717, 1.165) is 52.3 Å². The van der Waals surface area contributed by atoms with Gasteiger partial charge in [0.05, 0.1) is 0 Å². The first-order chi connectivity index (χ1) is 9.65. The Labute approximate surface area is 129 Å². The molecule has 0 aliphatic rings. The van der Waals surface area contributed by atoms with Gasteiger partial charge in [-0.1, -0.05) is 41.9 Å². The van der Waals surface area contributed by atoms with E-state index < -0.39 is 0 Å². The van der Waals surface area contributed by atoms with Gasteiger partial charge in [-0.2, -0.15) is 0 Å². The van der Waals surface area contributed by atoms with Gasteiger partial charge < -0.3 is 5.32 Å². The Kier molecular flexibility index (Phi) is 5.12. The summed E-state index contributed by atoms with van der Waals surface area (Å²) in [7, 11) is 0. The van der Waals surface area contributed by atoms with Crippen molar-refractivity contribution in [1.82, 2.24) is 9.97 Å². The van der Waals surface area contributed by atoms with Crippen molar-refractivity contribution in [2.45, 2.75) is 33.6 Å². The number of benzene rings is 1. The van der Waals surface area contributed by atoms with Crippen LogP contribution in [-0.2, 0) is 6.42 Å². The molecule has 0 atom stereocenters. The van der Waals surface area contributed by atoms with Gasteiger partial charge in [0, 0.05) is 27.8 Å². The maximum Gasteiger partial charge on any atom is 0.161 e. The first kappa shape index (κ1) is 15.0. The number of hydrogen-bond donors (Lipinski definition) is 1. The summed E-state index contributed by atoms with van der Waals surface area (Å²) >= 11 is 3.50. The first-order valence-electron chi connectivity index (χ1n) is 7.03. The molecule has 0 radical (unpaired) electrons. The van der Waals surface area contributed by atoms with Gasteiger partial charge in [-0.15, -0.1) is 0 Å². The molecule has 0 unspecified atom stereocenters. The van der Waals surface area contributed by atoms with Crippen LogP contribution in [-0.4, -0.2) is 16.5 Å². The maximum atomic E-state index is 4.70. The van der Waals surface area contributed by atoms with E-state index in [9.17, 15) is 0 Å². The molecule has 4 heteroatoms. The van der Waals surface area contributed by atoms with Gasteiger partial charge in [0.2, 0.25) is 0 Å². The highest BCUT2D eigenvalue weighted by Gasteiger charge is 2.11. The quantitative estimate of drug-likeness (QED) is 0.868. The zero-order chi connectivity index (χ0) is 14.5. The fraction of sp³-hybridized carbons (Fsp3) is 0.375. The Hall–Kier alpha value is -1.42. The predicted molar refractivity (Wildman–Crippen MR) is 88.1 cm³/mol. The molecule has 3 nitrogen and oxygen atoms in total. The monoisotopic (exact) mass is 333 g/mol. The lowest BCUT2D eigenvalue weighted by Crippen LogP contribution is -2.08.